The smallest absolute Gasteiger partial charge is 0.325 e. The number of alkyl halides is 3. The molecule has 0 bridgehead atoms. The van der Waals surface area contributed by atoms with E-state index in [0.29, 0.717) is 22.4 Å². The first-order valence-electron chi connectivity index (χ1n) is 9.34. The number of nitrogens with zero attached hydrogens (tertiary/aromatic N) is 4. The van der Waals surface area contributed by atoms with E-state index >= 15 is 0 Å². The van der Waals surface area contributed by atoms with Crippen LogP contribution in [0.5, 0.6) is 0 Å². The minimum Gasteiger partial charge on any atom is -0.325 e. The van der Waals surface area contributed by atoms with Crippen molar-refractivity contribution >= 4 is 33.3 Å². The summed E-state index contributed by atoms with van der Waals surface area (Å²) < 4.78 is 41.2. The fourth-order valence-corrected chi connectivity index (χ4v) is 3.86. The molecule has 11 heteroatoms. The molecular formula is C19H17BrF3N5O2. The Bertz CT molecular complexity index is 1180. The molecule has 1 N–H and O–H groups in total. The number of hydrogen-bond donors (Lipinski definition) is 1. The average Bonchev–Trinajstić information content (AvgIpc) is 3.44. The van der Waals surface area contributed by atoms with Gasteiger partial charge in [-0.15, -0.1) is 5.10 Å². The van der Waals surface area contributed by atoms with Gasteiger partial charge >= 0.3 is 6.18 Å². The number of anilines is 1. The summed E-state index contributed by atoms with van der Waals surface area (Å²) in [5.74, 6) is 0.606. The Balaban J connectivity index is 1.64. The molecule has 2 heterocycles. The first kappa shape index (κ1) is 20.6. The lowest BCUT2D eigenvalue weighted by Gasteiger charge is -2.15. The number of amides is 1. The van der Waals surface area contributed by atoms with Gasteiger partial charge in [-0.3, -0.25) is 9.59 Å². The Kier molecular flexibility index (Phi) is 5.16. The minimum atomic E-state index is -4.45. The van der Waals surface area contributed by atoms with E-state index in [2.05, 4.69) is 31.3 Å². The molecule has 1 fully saturated rings. The van der Waals surface area contributed by atoms with Crippen molar-refractivity contribution in [3.05, 3.63) is 56.2 Å². The summed E-state index contributed by atoms with van der Waals surface area (Å²) >= 11 is 3.30. The predicted molar refractivity (Wildman–Crippen MR) is 106 cm³/mol. The second-order valence-corrected chi connectivity index (χ2v) is 7.88. The lowest BCUT2D eigenvalue weighted by Crippen LogP contribution is -2.28. The molecule has 0 radical (unpaired) electrons. The number of aromatic nitrogens is 4. The molecule has 3 aromatic rings. The Morgan fingerprint density at radius 3 is 2.50 bits per heavy atom. The largest absolute Gasteiger partial charge is 0.416 e. The van der Waals surface area contributed by atoms with Crippen LogP contribution in [-0.2, 0) is 23.9 Å². The van der Waals surface area contributed by atoms with Gasteiger partial charge in [0.15, 0.2) is 5.82 Å². The van der Waals surface area contributed by atoms with Crippen molar-refractivity contribution in [2.45, 2.75) is 44.8 Å². The predicted octanol–water partition coefficient (Wildman–Crippen LogP) is 3.75. The van der Waals surface area contributed by atoms with Gasteiger partial charge < -0.3 is 9.88 Å². The van der Waals surface area contributed by atoms with Gasteiger partial charge in [-0.25, -0.2) is 0 Å². The molecule has 7 nitrogen and oxygen atoms in total. The Morgan fingerprint density at radius 2 is 1.93 bits per heavy atom. The van der Waals surface area contributed by atoms with Crippen molar-refractivity contribution in [1.29, 1.82) is 0 Å². The number of rotatable bonds is 5. The van der Waals surface area contributed by atoms with E-state index in [4.69, 9.17) is 0 Å². The van der Waals surface area contributed by atoms with Crippen LogP contribution in [0.1, 0.15) is 42.8 Å². The summed E-state index contributed by atoms with van der Waals surface area (Å²) in [5.41, 5.74) is -0.316. The van der Waals surface area contributed by atoms with Gasteiger partial charge in [0, 0.05) is 17.3 Å². The van der Waals surface area contributed by atoms with Gasteiger partial charge in [0.2, 0.25) is 11.7 Å². The molecule has 1 aliphatic rings. The third-order valence-corrected chi connectivity index (χ3v) is 5.68. The van der Waals surface area contributed by atoms with Crippen molar-refractivity contribution in [3.8, 4) is 0 Å². The molecule has 0 aliphatic heterocycles. The molecule has 0 unspecified atom stereocenters. The summed E-state index contributed by atoms with van der Waals surface area (Å²) in [6, 6.07) is 4.20. The van der Waals surface area contributed by atoms with Gasteiger partial charge in [-0.2, -0.15) is 22.7 Å². The van der Waals surface area contributed by atoms with Crippen LogP contribution in [0.4, 0.5) is 18.9 Å². The summed E-state index contributed by atoms with van der Waals surface area (Å²) in [6.07, 6.45) is -2.06. The first-order chi connectivity index (χ1) is 14.2. The van der Waals surface area contributed by atoms with Crippen LogP contribution in [0, 0.1) is 0 Å². The molecule has 2 aromatic heterocycles. The molecule has 4 rings (SSSR count). The Hall–Kier alpha value is -2.69. The highest BCUT2D eigenvalue weighted by atomic mass is 79.9. The lowest BCUT2D eigenvalue weighted by atomic mass is 10.2. The second kappa shape index (κ2) is 7.53. The summed E-state index contributed by atoms with van der Waals surface area (Å²) in [5, 5.41) is 6.88. The van der Waals surface area contributed by atoms with Crippen molar-refractivity contribution in [2.75, 3.05) is 5.32 Å². The van der Waals surface area contributed by atoms with E-state index in [0.717, 1.165) is 25.0 Å². The Labute approximate surface area is 177 Å². The maximum Gasteiger partial charge on any atom is 0.416 e. The van der Waals surface area contributed by atoms with E-state index in [-0.39, 0.29) is 29.5 Å². The van der Waals surface area contributed by atoms with Gasteiger partial charge in [0.1, 0.15) is 11.0 Å². The van der Waals surface area contributed by atoms with E-state index < -0.39 is 17.6 Å². The number of hydrogen-bond acceptors (Lipinski definition) is 4. The molecule has 1 saturated carbocycles. The molecule has 1 aliphatic carbocycles. The monoisotopic (exact) mass is 483 g/mol. The number of benzene rings is 1. The fraction of sp³-hybridized carbons (Fsp3) is 0.368. The standard InChI is InChI=1S/C19H17BrF3N5O2/c1-2-13-15(20)17(30)28-18(25-16(26-28)10-3-4-10)27(13)9-14(29)24-12-7-5-11(6-8-12)19(21,22)23/h5-8,10H,2-4,9H2,1H3,(H,24,29). The lowest BCUT2D eigenvalue weighted by molar-refractivity contribution is -0.137. The number of fused-ring (bicyclic) bond motifs is 1. The van der Waals surface area contributed by atoms with Gasteiger partial charge in [0.25, 0.3) is 5.56 Å². The number of carbonyl (C=O) groups excluding carboxylic acids is 1. The van der Waals surface area contributed by atoms with Gasteiger partial charge in [-0.05, 0) is 59.5 Å². The molecule has 158 valence electrons. The highest BCUT2D eigenvalue weighted by Gasteiger charge is 2.31. The fourth-order valence-electron chi connectivity index (χ4n) is 3.20. The van der Waals surface area contributed by atoms with Crippen LogP contribution in [-0.4, -0.2) is 25.1 Å². The van der Waals surface area contributed by atoms with Gasteiger partial charge in [-0.1, -0.05) is 6.92 Å². The zero-order valence-electron chi connectivity index (χ0n) is 15.8. The molecule has 30 heavy (non-hydrogen) atoms. The topological polar surface area (TPSA) is 81.3 Å². The molecule has 1 aromatic carbocycles. The van der Waals surface area contributed by atoms with E-state index in [9.17, 15) is 22.8 Å². The first-order valence-corrected chi connectivity index (χ1v) is 10.1. The quantitative estimate of drug-likeness (QED) is 0.599. The molecule has 1 amide bonds. The summed E-state index contributed by atoms with van der Waals surface area (Å²) in [4.78, 5) is 29.7. The zero-order chi connectivity index (χ0) is 21.6. The van der Waals surface area contributed by atoms with Crippen LogP contribution in [0.2, 0.25) is 0 Å². The van der Waals surface area contributed by atoms with E-state index in [1.54, 1.807) is 4.57 Å². The van der Waals surface area contributed by atoms with Crippen LogP contribution in [0.3, 0.4) is 0 Å². The number of halogens is 4. The Morgan fingerprint density at radius 1 is 1.27 bits per heavy atom. The highest BCUT2D eigenvalue weighted by Crippen LogP contribution is 2.38. The van der Waals surface area contributed by atoms with Crippen LogP contribution in [0.25, 0.3) is 5.78 Å². The molecule has 0 atom stereocenters. The van der Waals surface area contributed by atoms with Crippen molar-refractivity contribution in [3.63, 3.8) is 0 Å². The third kappa shape index (κ3) is 3.85. The molecular weight excluding hydrogens is 467 g/mol. The summed E-state index contributed by atoms with van der Waals surface area (Å²) in [7, 11) is 0. The maximum absolute atomic E-state index is 12.7. The van der Waals surface area contributed by atoms with Crippen molar-refractivity contribution < 1.29 is 18.0 Å². The number of carbonyl (C=O) groups is 1. The van der Waals surface area contributed by atoms with Crippen LogP contribution in [0.15, 0.2) is 33.5 Å². The van der Waals surface area contributed by atoms with E-state index in [1.165, 1.54) is 16.6 Å². The third-order valence-electron chi connectivity index (χ3n) is 4.88. The molecule has 0 saturated heterocycles. The van der Waals surface area contributed by atoms with Crippen LogP contribution < -0.4 is 10.9 Å². The average molecular weight is 484 g/mol. The SMILES string of the molecule is CCc1c(Br)c(=O)n2nc(C3CC3)nc2n1CC(=O)Nc1ccc(C(F)(F)F)cc1. The van der Waals surface area contributed by atoms with Gasteiger partial charge in [0.05, 0.1) is 5.56 Å². The van der Waals surface area contributed by atoms with Crippen molar-refractivity contribution in [1.82, 2.24) is 19.2 Å². The summed E-state index contributed by atoms with van der Waals surface area (Å²) in [6.45, 7) is 1.67. The highest BCUT2D eigenvalue weighted by molar-refractivity contribution is 9.10. The maximum atomic E-state index is 12.7. The minimum absolute atomic E-state index is 0.171. The molecule has 0 spiro atoms. The van der Waals surface area contributed by atoms with Crippen LogP contribution >= 0.6 is 15.9 Å². The van der Waals surface area contributed by atoms with Crippen molar-refractivity contribution in [2.24, 2.45) is 0 Å². The normalized spacial score (nSPS) is 14.3. The van der Waals surface area contributed by atoms with E-state index in [1.807, 2.05) is 6.92 Å². The zero-order valence-corrected chi connectivity index (χ0v) is 17.4. The second-order valence-electron chi connectivity index (χ2n) is 7.08. The number of nitrogens with one attached hydrogen (secondary N) is 1.